The van der Waals surface area contributed by atoms with E-state index in [0.717, 1.165) is 5.58 Å². The smallest absolute Gasteiger partial charge is 0.135 e. The third kappa shape index (κ3) is 1.90. The van der Waals surface area contributed by atoms with Gasteiger partial charge >= 0.3 is 0 Å². The van der Waals surface area contributed by atoms with Gasteiger partial charge in [0.2, 0.25) is 0 Å². The summed E-state index contributed by atoms with van der Waals surface area (Å²) in [6, 6.07) is 6.24. The largest absolute Gasteiger partial charge is 0.464 e. The van der Waals surface area contributed by atoms with Crippen LogP contribution in [0.15, 0.2) is 28.9 Å². The Labute approximate surface area is 103 Å². The van der Waals surface area contributed by atoms with Crippen molar-refractivity contribution < 1.29 is 4.42 Å². The highest BCUT2D eigenvalue weighted by Gasteiger charge is 2.23. The lowest BCUT2D eigenvalue weighted by Gasteiger charge is -2.20. The molecule has 0 saturated carbocycles. The van der Waals surface area contributed by atoms with Crippen LogP contribution in [0.2, 0.25) is 0 Å². The summed E-state index contributed by atoms with van der Waals surface area (Å²) in [5, 5.41) is 1.17. The lowest BCUT2D eigenvalue weighted by Crippen LogP contribution is -2.27. The van der Waals surface area contributed by atoms with Crippen LogP contribution in [-0.2, 0) is 5.41 Å². The first-order valence-electron chi connectivity index (χ1n) is 4.92. The summed E-state index contributed by atoms with van der Waals surface area (Å²) in [6.45, 7) is 4.89. The number of hydrogen-bond acceptors (Lipinski definition) is 2. The van der Waals surface area contributed by atoms with Crippen LogP contribution in [0.5, 0.6) is 0 Å². The van der Waals surface area contributed by atoms with E-state index in [2.05, 4.69) is 48.6 Å². The Kier molecular flexibility index (Phi) is 2.77. The predicted octanol–water partition coefficient (Wildman–Crippen LogP) is 3.27. The van der Waals surface area contributed by atoms with Gasteiger partial charge in [0.25, 0.3) is 0 Å². The maximum Gasteiger partial charge on any atom is 0.135 e. The first kappa shape index (κ1) is 11.0. The average molecular weight is 315 g/mol. The molecule has 0 atom stereocenters. The van der Waals surface area contributed by atoms with Gasteiger partial charge in [-0.1, -0.05) is 13.8 Å². The van der Waals surface area contributed by atoms with Crippen molar-refractivity contribution in [1.29, 1.82) is 0 Å². The molecule has 0 aliphatic rings. The van der Waals surface area contributed by atoms with E-state index in [1.165, 1.54) is 14.5 Å². The molecule has 1 aromatic carbocycles. The monoisotopic (exact) mass is 315 g/mol. The fraction of sp³-hybridized carbons (Fsp3) is 0.333. The number of nitrogens with two attached hydrogens (primary N) is 1. The summed E-state index contributed by atoms with van der Waals surface area (Å²) in [7, 11) is 0. The van der Waals surface area contributed by atoms with E-state index in [-0.39, 0.29) is 5.41 Å². The Bertz CT molecular complexity index is 487. The molecular formula is C12H14INO. The van der Waals surface area contributed by atoms with Crippen LogP contribution in [0.3, 0.4) is 0 Å². The third-order valence-corrected chi connectivity index (χ3v) is 3.45. The first-order chi connectivity index (χ1) is 7.04. The van der Waals surface area contributed by atoms with Crippen molar-refractivity contribution in [3.8, 4) is 0 Å². The number of fused-ring (bicyclic) bond motifs is 1. The van der Waals surface area contributed by atoms with Gasteiger partial charge in [-0.15, -0.1) is 0 Å². The molecule has 1 heterocycles. The van der Waals surface area contributed by atoms with E-state index < -0.39 is 0 Å². The fourth-order valence-corrected chi connectivity index (χ4v) is 2.10. The molecule has 2 nitrogen and oxygen atoms in total. The summed E-state index contributed by atoms with van der Waals surface area (Å²) < 4.78 is 6.74. The number of rotatable bonds is 2. The molecule has 80 valence electrons. The Morgan fingerprint density at radius 2 is 2.13 bits per heavy atom. The standard InChI is InChI=1S/C12H14INO/c1-12(2,7-14)10-6-15-11-5-8(13)3-4-9(10)11/h3-6H,7,14H2,1-2H3. The zero-order chi connectivity index (χ0) is 11.1. The molecule has 2 aromatic rings. The van der Waals surface area contributed by atoms with Crippen LogP contribution in [0.4, 0.5) is 0 Å². The second kappa shape index (κ2) is 3.79. The van der Waals surface area contributed by atoms with Crippen molar-refractivity contribution in [3.63, 3.8) is 0 Å². The van der Waals surface area contributed by atoms with Gasteiger partial charge in [0, 0.05) is 26.5 Å². The maximum absolute atomic E-state index is 5.78. The molecular weight excluding hydrogens is 301 g/mol. The van der Waals surface area contributed by atoms with Crippen molar-refractivity contribution in [2.24, 2.45) is 5.73 Å². The third-order valence-electron chi connectivity index (χ3n) is 2.78. The molecule has 0 radical (unpaired) electrons. The van der Waals surface area contributed by atoms with Crippen molar-refractivity contribution in [2.75, 3.05) is 6.54 Å². The average Bonchev–Trinajstić information content (AvgIpc) is 2.61. The number of furan rings is 1. The Balaban J connectivity index is 2.64. The van der Waals surface area contributed by atoms with Gasteiger partial charge in [0.05, 0.1) is 6.26 Å². The molecule has 0 aliphatic heterocycles. The van der Waals surface area contributed by atoms with Gasteiger partial charge in [-0.2, -0.15) is 0 Å². The van der Waals surface area contributed by atoms with E-state index >= 15 is 0 Å². The molecule has 15 heavy (non-hydrogen) atoms. The minimum atomic E-state index is -0.0297. The van der Waals surface area contributed by atoms with E-state index in [4.69, 9.17) is 10.2 Å². The number of hydrogen-bond donors (Lipinski definition) is 1. The second-order valence-electron chi connectivity index (χ2n) is 4.38. The van der Waals surface area contributed by atoms with E-state index in [1.807, 2.05) is 12.3 Å². The SMILES string of the molecule is CC(C)(CN)c1coc2cc(I)ccc12. The number of halogens is 1. The van der Waals surface area contributed by atoms with Crippen molar-refractivity contribution in [2.45, 2.75) is 19.3 Å². The second-order valence-corrected chi connectivity index (χ2v) is 5.62. The van der Waals surface area contributed by atoms with Crippen LogP contribution in [0, 0.1) is 3.57 Å². The van der Waals surface area contributed by atoms with Crippen LogP contribution in [0.1, 0.15) is 19.4 Å². The highest BCUT2D eigenvalue weighted by Crippen LogP contribution is 2.31. The molecule has 0 spiro atoms. The molecule has 2 rings (SSSR count). The predicted molar refractivity (Wildman–Crippen MR) is 71.0 cm³/mol. The molecule has 0 fully saturated rings. The van der Waals surface area contributed by atoms with E-state index in [1.54, 1.807) is 0 Å². The van der Waals surface area contributed by atoms with Crippen LogP contribution in [-0.4, -0.2) is 6.54 Å². The zero-order valence-corrected chi connectivity index (χ0v) is 11.0. The summed E-state index contributed by atoms with van der Waals surface area (Å²) in [6.07, 6.45) is 1.83. The highest BCUT2D eigenvalue weighted by atomic mass is 127. The molecule has 0 amide bonds. The Morgan fingerprint density at radius 1 is 1.40 bits per heavy atom. The molecule has 2 N–H and O–H groups in total. The highest BCUT2D eigenvalue weighted by molar-refractivity contribution is 14.1. The molecule has 0 bridgehead atoms. The molecule has 3 heteroatoms. The van der Waals surface area contributed by atoms with Gasteiger partial charge in [0.15, 0.2) is 0 Å². The first-order valence-corrected chi connectivity index (χ1v) is 6.00. The molecule has 1 aromatic heterocycles. The lowest BCUT2D eigenvalue weighted by atomic mass is 9.85. The zero-order valence-electron chi connectivity index (χ0n) is 8.88. The minimum absolute atomic E-state index is 0.0297. The summed E-state index contributed by atoms with van der Waals surface area (Å²) in [5.41, 5.74) is 7.88. The van der Waals surface area contributed by atoms with Crippen LogP contribution in [0.25, 0.3) is 11.0 Å². The number of benzene rings is 1. The maximum atomic E-state index is 5.78. The summed E-state index contributed by atoms with van der Waals surface area (Å²) in [5.74, 6) is 0. The van der Waals surface area contributed by atoms with Gasteiger partial charge < -0.3 is 10.2 Å². The van der Waals surface area contributed by atoms with Gasteiger partial charge in [-0.3, -0.25) is 0 Å². The topological polar surface area (TPSA) is 39.2 Å². The van der Waals surface area contributed by atoms with Gasteiger partial charge in [-0.25, -0.2) is 0 Å². The Hall–Kier alpha value is -0.550. The van der Waals surface area contributed by atoms with E-state index in [0.29, 0.717) is 6.54 Å². The van der Waals surface area contributed by atoms with Crippen LogP contribution < -0.4 is 5.73 Å². The molecule has 0 unspecified atom stereocenters. The quantitative estimate of drug-likeness (QED) is 0.864. The van der Waals surface area contributed by atoms with Crippen molar-refractivity contribution in [1.82, 2.24) is 0 Å². The van der Waals surface area contributed by atoms with Crippen molar-refractivity contribution >= 4 is 33.6 Å². The summed E-state index contributed by atoms with van der Waals surface area (Å²) in [4.78, 5) is 0. The lowest BCUT2D eigenvalue weighted by molar-refractivity contribution is 0.523. The van der Waals surface area contributed by atoms with Gasteiger partial charge in [-0.05, 0) is 40.8 Å². The van der Waals surface area contributed by atoms with Gasteiger partial charge in [0.1, 0.15) is 5.58 Å². The van der Waals surface area contributed by atoms with Crippen LogP contribution >= 0.6 is 22.6 Å². The minimum Gasteiger partial charge on any atom is -0.464 e. The molecule has 0 saturated heterocycles. The summed E-state index contributed by atoms with van der Waals surface area (Å²) >= 11 is 2.28. The Morgan fingerprint density at radius 3 is 2.80 bits per heavy atom. The van der Waals surface area contributed by atoms with E-state index in [9.17, 15) is 0 Å². The van der Waals surface area contributed by atoms with Crippen molar-refractivity contribution in [3.05, 3.63) is 33.6 Å². The molecule has 0 aliphatic carbocycles. The normalized spacial score (nSPS) is 12.3. The fourth-order valence-electron chi connectivity index (χ4n) is 1.64.